The average molecular weight is 413 g/mol. The number of carbonyl (C=O) groups is 1. The average Bonchev–Trinajstić information content (AvgIpc) is 2.99. The van der Waals surface area contributed by atoms with Gasteiger partial charge in [-0.2, -0.15) is 5.10 Å². The van der Waals surface area contributed by atoms with Gasteiger partial charge in [0.25, 0.3) is 5.91 Å². The van der Waals surface area contributed by atoms with Gasteiger partial charge < -0.3 is 9.64 Å². The summed E-state index contributed by atoms with van der Waals surface area (Å²) < 4.78 is 7.50. The highest BCUT2D eigenvalue weighted by atomic mass is 35.5. The Bertz CT molecular complexity index is 1030. The molecule has 29 heavy (non-hydrogen) atoms. The summed E-state index contributed by atoms with van der Waals surface area (Å²) in [5, 5.41) is 4.73. The molecule has 0 aliphatic heterocycles. The molecule has 0 fully saturated rings. The second-order valence-electron chi connectivity index (χ2n) is 7.24. The lowest BCUT2D eigenvalue weighted by molar-refractivity contribution is 0.0768. The van der Waals surface area contributed by atoms with Crippen LogP contribution in [0.15, 0.2) is 36.4 Å². The molecule has 0 saturated carbocycles. The monoisotopic (exact) mass is 412 g/mol. The van der Waals surface area contributed by atoms with Gasteiger partial charge in [-0.25, -0.2) is 9.67 Å². The second kappa shape index (κ2) is 8.66. The number of hydrogen-bond donors (Lipinski definition) is 0. The van der Waals surface area contributed by atoms with Crippen molar-refractivity contribution < 1.29 is 9.53 Å². The van der Waals surface area contributed by atoms with Crippen LogP contribution in [0.25, 0.3) is 5.82 Å². The molecule has 0 unspecified atom stereocenters. The maximum absolute atomic E-state index is 12.9. The van der Waals surface area contributed by atoms with E-state index in [2.05, 4.69) is 16.1 Å². The van der Waals surface area contributed by atoms with Gasteiger partial charge in [-0.15, -0.1) is 0 Å². The van der Waals surface area contributed by atoms with Gasteiger partial charge >= 0.3 is 0 Å². The largest absolute Gasteiger partial charge is 0.492 e. The fourth-order valence-corrected chi connectivity index (χ4v) is 3.35. The van der Waals surface area contributed by atoms with Crippen LogP contribution < -0.4 is 4.74 Å². The standard InChI is InChI=1S/C22H25ClN4O2/c1-14-10-15(2)12-18(11-14)29-9-8-26(5)22(28)21-19(23)6-7-20(24-21)27-17(4)13-16(3)25-27/h6-7,10-13H,8-9H2,1-5H3. The molecule has 6 nitrogen and oxygen atoms in total. The Balaban J connectivity index is 1.70. The van der Waals surface area contributed by atoms with Gasteiger partial charge in [0.05, 0.1) is 17.3 Å². The van der Waals surface area contributed by atoms with Gasteiger partial charge in [0.1, 0.15) is 18.1 Å². The van der Waals surface area contributed by atoms with Crippen molar-refractivity contribution in [2.75, 3.05) is 20.2 Å². The van der Waals surface area contributed by atoms with E-state index < -0.39 is 0 Å². The lowest BCUT2D eigenvalue weighted by Crippen LogP contribution is -2.32. The number of aryl methyl sites for hydroxylation is 4. The van der Waals surface area contributed by atoms with E-state index in [1.54, 1.807) is 28.8 Å². The first kappa shape index (κ1) is 20.9. The van der Waals surface area contributed by atoms with E-state index in [0.717, 1.165) is 28.3 Å². The number of hydrogen-bond acceptors (Lipinski definition) is 4. The summed E-state index contributed by atoms with van der Waals surface area (Å²) in [6, 6.07) is 11.4. The zero-order chi connectivity index (χ0) is 21.1. The molecule has 0 aliphatic rings. The highest BCUT2D eigenvalue weighted by Gasteiger charge is 2.19. The van der Waals surface area contributed by atoms with Gasteiger partial charge in [0.15, 0.2) is 5.82 Å². The summed E-state index contributed by atoms with van der Waals surface area (Å²) in [5.74, 6) is 1.09. The lowest BCUT2D eigenvalue weighted by Gasteiger charge is -2.18. The topological polar surface area (TPSA) is 60.2 Å². The SMILES string of the molecule is Cc1cc(C)cc(OCCN(C)C(=O)c2nc(-n3nc(C)cc3C)ccc2Cl)c1. The van der Waals surface area contributed by atoms with Gasteiger partial charge in [0, 0.05) is 12.7 Å². The zero-order valence-electron chi connectivity index (χ0n) is 17.4. The first-order chi connectivity index (χ1) is 13.7. The minimum atomic E-state index is -0.262. The lowest BCUT2D eigenvalue weighted by atomic mass is 10.1. The molecule has 0 aliphatic carbocycles. The smallest absolute Gasteiger partial charge is 0.273 e. The van der Waals surface area contributed by atoms with Gasteiger partial charge in [-0.05, 0) is 69.2 Å². The quantitative estimate of drug-likeness (QED) is 0.605. The predicted octanol–water partition coefficient (Wildman–Crippen LogP) is 4.31. The maximum atomic E-state index is 12.9. The summed E-state index contributed by atoms with van der Waals surface area (Å²) in [5.41, 5.74) is 4.30. The summed E-state index contributed by atoms with van der Waals surface area (Å²) in [7, 11) is 1.71. The Morgan fingerprint density at radius 2 is 1.79 bits per heavy atom. The molecule has 0 atom stereocenters. The third-order valence-corrected chi connectivity index (χ3v) is 4.80. The van der Waals surface area contributed by atoms with E-state index in [1.165, 1.54) is 0 Å². The van der Waals surface area contributed by atoms with Gasteiger partial charge in [-0.1, -0.05) is 17.7 Å². The normalized spacial score (nSPS) is 10.8. The minimum Gasteiger partial charge on any atom is -0.492 e. The minimum absolute atomic E-state index is 0.200. The highest BCUT2D eigenvalue weighted by Crippen LogP contribution is 2.19. The molecule has 1 aromatic carbocycles. The van der Waals surface area contributed by atoms with Crippen molar-refractivity contribution in [1.82, 2.24) is 19.7 Å². The summed E-state index contributed by atoms with van der Waals surface area (Å²) in [6.45, 7) is 8.69. The third-order valence-electron chi connectivity index (χ3n) is 4.50. The van der Waals surface area contributed by atoms with Crippen LogP contribution >= 0.6 is 11.6 Å². The van der Waals surface area contributed by atoms with Crippen molar-refractivity contribution in [3.05, 3.63) is 69.6 Å². The number of rotatable bonds is 6. The number of carbonyl (C=O) groups excluding carboxylic acids is 1. The van der Waals surface area contributed by atoms with E-state index >= 15 is 0 Å². The number of nitrogens with zero attached hydrogens (tertiary/aromatic N) is 4. The third kappa shape index (κ3) is 4.95. The molecule has 7 heteroatoms. The molecule has 0 bridgehead atoms. The molecule has 152 valence electrons. The Hall–Kier alpha value is -2.86. The van der Waals surface area contributed by atoms with Crippen LogP contribution in [0.1, 0.15) is 33.0 Å². The van der Waals surface area contributed by atoms with E-state index in [9.17, 15) is 4.79 Å². The molecule has 2 heterocycles. The fraction of sp³-hybridized carbons (Fsp3) is 0.318. The molecular weight excluding hydrogens is 388 g/mol. The number of aromatic nitrogens is 3. The molecule has 0 N–H and O–H groups in total. The fourth-order valence-electron chi connectivity index (χ4n) is 3.16. The molecule has 1 amide bonds. The van der Waals surface area contributed by atoms with Crippen LogP contribution in [0, 0.1) is 27.7 Å². The number of ether oxygens (including phenoxy) is 1. The van der Waals surface area contributed by atoms with E-state index in [0.29, 0.717) is 24.0 Å². The molecule has 0 spiro atoms. The van der Waals surface area contributed by atoms with Crippen LogP contribution in [0.5, 0.6) is 5.75 Å². The maximum Gasteiger partial charge on any atom is 0.273 e. The predicted molar refractivity (Wildman–Crippen MR) is 114 cm³/mol. The van der Waals surface area contributed by atoms with Crippen LogP contribution in [-0.2, 0) is 0 Å². The molecule has 3 aromatic rings. The van der Waals surface area contributed by atoms with Crippen LogP contribution in [0.4, 0.5) is 0 Å². The van der Waals surface area contributed by atoms with Crippen molar-refractivity contribution >= 4 is 17.5 Å². The first-order valence-corrected chi connectivity index (χ1v) is 9.79. The van der Waals surface area contributed by atoms with Gasteiger partial charge in [-0.3, -0.25) is 4.79 Å². The molecule has 0 saturated heterocycles. The highest BCUT2D eigenvalue weighted by molar-refractivity contribution is 6.33. The van der Waals surface area contributed by atoms with Crippen LogP contribution in [0.3, 0.4) is 0 Å². The Morgan fingerprint density at radius 1 is 1.10 bits per heavy atom. The number of benzene rings is 1. The molecule has 3 rings (SSSR count). The molecule has 2 aromatic heterocycles. The van der Waals surface area contributed by atoms with Crippen LogP contribution in [-0.4, -0.2) is 45.8 Å². The van der Waals surface area contributed by atoms with Gasteiger partial charge in [0.2, 0.25) is 0 Å². The summed E-state index contributed by atoms with van der Waals surface area (Å²) in [6.07, 6.45) is 0. The second-order valence-corrected chi connectivity index (χ2v) is 7.64. The van der Waals surface area contributed by atoms with Crippen molar-refractivity contribution in [2.24, 2.45) is 0 Å². The summed E-state index contributed by atoms with van der Waals surface area (Å²) in [4.78, 5) is 18.9. The number of amides is 1. The first-order valence-electron chi connectivity index (χ1n) is 9.41. The van der Waals surface area contributed by atoms with Crippen molar-refractivity contribution in [3.63, 3.8) is 0 Å². The van der Waals surface area contributed by atoms with E-state index in [1.807, 2.05) is 45.9 Å². The van der Waals surface area contributed by atoms with Crippen molar-refractivity contribution in [3.8, 4) is 11.6 Å². The van der Waals surface area contributed by atoms with Crippen molar-refractivity contribution in [1.29, 1.82) is 0 Å². The Morgan fingerprint density at radius 3 is 2.41 bits per heavy atom. The number of likely N-dealkylation sites (N-methyl/N-ethyl adjacent to an activating group) is 1. The number of pyridine rings is 1. The number of halogens is 1. The summed E-state index contributed by atoms with van der Waals surface area (Å²) >= 11 is 6.26. The Labute approximate surface area is 176 Å². The van der Waals surface area contributed by atoms with E-state index in [4.69, 9.17) is 16.3 Å². The zero-order valence-corrected chi connectivity index (χ0v) is 18.1. The van der Waals surface area contributed by atoms with Crippen molar-refractivity contribution in [2.45, 2.75) is 27.7 Å². The van der Waals surface area contributed by atoms with E-state index in [-0.39, 0.29) is 11.6 Å². The van der Waals surface area contributed by atoms with Crippen LogP contribution in [0.2, 0.25) is 5.02 Å². The Kier molecular flexibility index (Phi) is 6.23. The molecule has 0 radical (unpaired) electrons. The molecular formula is C22H25ClN4O2.